The second-order valence-corrected chi connectivity index (χ2v) is 6.19. The monoisotopic (exact) mass is 354 g/mol. The lowest BCUT2D eigenvalue weighted by Gasteiger charge is -2.06. The van der Waals surface area contributed by atoms with Crippen LogP contribution in [-0.2, 0) is 4.79 Å². The fourth-order valence-corrected chi connectivity index (χ4v) is 2.96. The third-order valence-corrected chi connectivity index (χ3v) is 4.26. The molecule has 4 aromatic rings. The summed E-state index contributed by atoms with van der Waals surface area (Å²) in [6.45, 7) is 0. The Morgan fingerprint density at radius 3 is 2.26 bits per heavy atom. The minimum absolute atomic E-state index is 0.271. The number of carboxylic acid groups (broad SMARTS) is 1. The first-order valence-electron chi connectivity index (χ1n) is 8.61. The number of carbonyl (C=O) groups excluding carboxylic acids is 1. The van der Waals surface area contributed by atoms with E-state index in [-0.39, 0.29) is 6.42 Å². The van der Waals surface area contributed by atoms with Crippen LogP contribution < -0.4 is 5.11 Å². The Morgan fingerprint density at radius 1 is 0.889 bits per heavy atom. The van der Waals surface area contributed by atoms with E-state index in [4.69, 9.17) is 4.42 Å². The number of fused-ring (bicyclic) bond motifs is 1. The van der Waals surface area contributed by atoms with Crippen LogP contribution in [0.15, 0.2) is 83.3 Å². The van der Waals surface area contributed by atoms with E-state index in [0.717, 1.165) is 16.7 Å². The molecule has 0 unspecified atom stereocenters. The molecule has 0 bridgehead atoms. The second-order valence-electron chi connectivity index (χ2n) is 6.19. The van der Waals surface area contributed by atoms with Crippen LogP contribution in [0.4, 0.5) is 0 Å². The minimum Gasteiger partial charge on any atom is -0.550 e. The van der Waals surface area contributed by atoms with Crippen molar-refractivity contribution in [1.82, 2.24) is 4.98 Å². The molecule has 0 atom stereocenters. The number of oxazole rings is 1. The van der Waals surface area contributed by atoms with Crippen LogP contribution in [0.25, 0.3) is 33.9 Å². The predicted molar refractivity (Wildman–Crippen MR) is 103 cm³/mol. The van der Waals surface area contributed by atoms with Gasteiger partial charge in [-0.25, -0.2) is 4.98 Å². The van der Waals surface area contributed by atoms with Crippen molar-refractivity contribution in [3.63, 3.8) is 0 Å². The normalized spacial score (nSPS) is 11.6. The van der Waals surface area contributed by atoms with Crippen molar-refractivity contribution in [2.75, 3.05) is 0 Å². The molecule has 132 valence electrons. The molecule has 0 aliphatic heterocycles. The molecule has 4 heteroatoms. The maximum Gasteiger partial charge on any atom is 0.223 e. The van der Waals surface area contributed by atoms with Crippen LogP contribution in [0.1, 0.15) is 17.9 Å². The van der Waals surface area contributed by atoms with Gasteiger partial charge in [0, 0.05) is 18.0 Å². The molecule has 0 saturated heterocycles. The first-order chi connectivity index (χ1) is 13.2. The Hall–Kier alpha value is -3.66. The van der Waals surface area contributed by atoms with Gasteiger partial charge in [0.25, 0.3) is 0 Å². The summed E-state index contributed by atoms with van der Waals surface area (Å²) < 4.78 is 5.73. The number of aliphatic carboxylic acids is 1. The largest absolute Gasteiger partial charge is 0.550 e. The molecule has 0 N–H and O–H groups in total. The number of hydrogen-bond donors (Lipinski definition) is 0. The van der Waals surface area contributed by atoms with Gasteiger partial charge in [-0.05, 0) is 34.9 Å². The topological polar surface area (TPSA) is 66.2 Å². The maximum absolute atomic E-state index is 11.2. The molecule has 1 aromatic heterocycles. The minimum atomic E-state index is -1.18. The van der Waals surface area contributed by atoms with Gasteiger partial charge in [-0.15, -0.1) is 0 Å². The zero-order chi connectivity index (χ0) is 18.6. The van der Waals surface area contributed by atoms with Gasteiger partial charge < -0.3 is 14.3 Å². The Balaban J connectivity index is 1.69. The molecule has 3 aromatic carbocycles. The van der Waals surface area contributed by atoms with Crippen molar-refractivity contribution >= 4 is 28.7 Å². The summed E-state index contributed by atoms with van der Waals surface area (Å²) in [5, 5.41) is 11.2. The molecule has 4 rings (SSSR count). The van der Waals surface area contributed by atoms with Gasteiger partial charge in [0.15, 0.2) is 5.58 Å². The molecule has 0 amide bonds. The maximum atomic E-state index is 11.2. The standard InChI is InChI=1S/C23H17NO3/c25-22(26)15-19(23-24-20-8-4-5-9-21(20)27-23)14-16-10-12-18(13-11-16)17-6-2-1-3-7-17/h1-14H,15H2,(H,25,26)/p-1/b19-14+. The number of aromatic nitrogens is 1. The van der Waals surface area contributed by atoms with Gasteiger partial charge in [0.1, 0.15) is 5.52 Å². The SMILES string of the molecule is O=C([O-])C/C(=C\c1ccc(-c2ccccc2)cc1)c1nc2ccccc2o1. The second kappa shape index (κ2) is 7.30. The number of benzene rings is 3. The van der Waals surface area contributed by atoms with E-state index in [1.54, 1.807) is 12.1 Å². The average Bonchev–Trinajstić information content (AvgIpc) is 3.13. The summed E-state index contributed by atoms with van der Waals surface area (Å²) in [5.74, 6) is -0.878. The number of carbonyl (C=O) groups is 1. The lowest BCUT2D eigenvalue weighted by molar-refractivity contribution is -0.304. The van der Waals surface area contributed by atoms with Crippen LogP contribution in [0.5, 0.6) is 0 Å². The molecule has 0 radical (unpaired) electrons. The zero-order valence-corrected chi connectivity index (χ0v) is 14.5. The molecule has 4 nitrogen and oxygen atoms in total. The lowest BCUT2D eigenvalue weighted by Crippen LogP contribution is -2.22. The van der Waals surface area contributed by atoms with E-state index in [1.165, 1.54) is 0 Å². The van der Waals surface area contributed by atoms with Crippen LogP contribution in [0.2, 0.25) is 0 Å². The Bertz CT molecular complexity index is 1080. The Kier molecular flexibility index (Phi) is 4.54. The fourth-order valence-electron chi connectivity index (χ4n) is 2.96. The van der Waals surface area contributed by atoms with Crippen LogP contribution in [0, 0.1) is 0 Å². The number of nitrogens with zero attached hydrogens (tertiary/aromatic N) is 1. The molecule has 0 aliphatic carbocycles. The van der Waals surface area contributed by atoms with Gasteiger partial charge in [-0.1, -0.05) is 66.7 Å². The Morgan fingerprint density at radius 2 is 1.56 bits per heavy atom. The van der Waals surface area contributed by atoms with Gasteiger partial charge >= 0.3 is 0 Å². The van der Waals surface area contributed by atoms with Gasteiger partial charge in [0.05, 0.1) is 0 Å². The van der Waals surface area contributed by atoms with Crippen LogP contribution in [-0.4, -0.2) is 11.0 Å². The highest BCUT2D eigenvalue weighted by atomic mass is 16.4. The third-order valence-electron chi connectivity index (χ3n) is 4.26. The zero-order valence-electron chi connectivity index (χ0n) is 14.5. The van der Waals surface area contributed by atoms with Crippen molar-refractivity contribution in [3.8, 4) is 11.1 Å². The summed E-state index contributed by atoms with van der Waals surface area (Å²) in [7, 11) is 0. The summed E-state index contributed by atoms with van der Waals surface area (Å²) >= 11 is 0. The summed E-state index contributed by atoms with van der Waals surface area (Å²) in [4.78, 5) is 15.6. The molecular weight excluding hydrogens is 338 g/mol. The summed E-state index contributed by atoms with van der Waals surface area (Å²) in [6, 6.07) is 25.3. The fraction of sp³-hybridized carbons (Fsp3) is 0.0435. The summed E-state index contributed by atoms with van der Waals surface area (Å²) in [5.41, 5.74) is 4.87. The quantitative estimate of drug-likeness (QED) is 0.539. The summed E-state index contributed by atoms with van der Waals surface area (Å²) in [6.07, 6.45) is 1.50. The molecular formula is C23H16NO3-. The predicted octanol–water partition coefficient (Wildman–Crippen LogP) is 4.18. The van der Waals surface area contributed by atoms with E-state index in [9.17, 15) is 9.90 Å². The highest BCUT2D eigenvalue weighted by Gasteiger charge is 2.11. The van der Waals surface area contributed by atoms with Crippen LogP contribution >= 0.6 is 0 Å². The highest BCUT2D eigenvalue weighted by Crippen LogP contribution is 2.26. The highest BCUT2D eigenvalue weighted by molar-refractivity contribution is 5.90. The van der Waals surface area contributed by atoms with E-state index in [0.29, 0.717) is 22.6 Å². The number of hydrogen-bond acceptors (Lipinski definition) is 4. The molecule has 0 saturated carbocycles. The van der Waals surface area contributed by atoms with Crippen molar-refractivity contribution in [2.45, 2.75) is 6.42 Å². The first kappa shape index (κ1) is 16.8. The van der Waals surface area contributed by atoms with E-state index >= 15 is 0 Å². The van der Waals surface area contributed by atoms with Crippen LogP contribution in [0.3, 0.4) is 0 Å². The molecule has 0 spiro atoms. The van der Waals surface area contributed by atoms with Gasteiger partial charge in [0.2, 0.25) is 5.89 Å². The number of carboxylic acids is 1. The van der Waals surface area contributed by atoms with E-state index in [1.807, 2.05) is 72.8 Å². The molecule has 27 heavy (non-hydrogen) atoms. The molecule has 0 fully saturated rings. The van der Waals surface area contributed by atoms with Crippen molar-refractivity contribution in [2.24, 2.45) is 0 Å². The molecule has 0 aliphatic rings. The van der Waals surface area contributed by atoms with Gasteiger partial charge in [-0.3, -0.25) is 0 Å². The first-order valence-corrected chi connectivity index (χ1v) is 8.61. The smallest absolute Gasteiger partial charge is 0.223 e. The van der Waals surface area contributed by atoms with Crippen molar-refractivity contribution in [3.05, 3.63) is 90.3 Å². The Labute approximate surface area is 156 Å². The number of para-hydroxylation sites is 2. The van der Waals surface area contributed by atoms with Crippen molar-refractivity contribution < 1.29 is 14.3 Å². The number of rotatable bonds is 5. The molecule has 1 heterocycles. The van der Waals surface area contributed by atoms with E-state index in [2.05, 4.69) is 4.98 Å². The average molecular weight is 354 g/mol. The third kappa shape index (κ3) is 3.80. The lowest BCUT2D eigenvalue weighted by atomic mass is 10.0. The van der Waals surface area contributed by atoms with E-state index < -0.39 is 5.97 Å². The van der Waals surface area contributed by atoms with Gasteiger partial charge in [-0.2, -0.15) is 0 Å². The van der Waals surface area contributed by atoms with Crippen molar-refractivity contribution in [1.29, 1.82) is 0 Å².